The van der Waals surface area contributed by atoms with Gasteiger partial charge in [0.2, 0.25) is 5.91 Å². The second-order valence-electron chi connectivity index (χ2n) is 7.41. The first-order valence-corrected chi connectivity index (χ1v) is 11.4. The Bertz CT molecular complexity index is 1370. The zero-order valence-electron chi connectivity index (χ0n) is 18.5. The molecule has 2 amide bonds. The van der Waals surface area contributed by atoms with E-state index in [1.165, 1.54) is 30.0 Å². The molecular weight excluding hydrogens is 468 g/mol. The van der Waals surface area contributed by atoms with E-state index in [9.17, 15) is 19.7 Å². The Kier molecular flexibility index (Phi) is 7.17. The van der Waals surface area contributed by atoms with Gasteiger partial charge in [0, 0.05) is 41.7 Å². The van der Waals surface area contributed by atoms with Crippen LogP contribution in [0.2, 0.25) is 0 Å². The summed E-state index contributed by atoms with van der Waals surface area (Å²) in [5.41, 5.74) is 2.27. The number of anilines is 2. The standard InChI is InChI=1S/C24H20N6O4S/c1-29-22(16-10-12-18(13-11-16)26-23(32)17-6-3-2-4-7-17)27-28-24(29)35-15-21(31)25-19-8-5-9-20(14-19)30(33)34/h2-14H,15H2,1H3,(H,25,31)(H,26,32). The summed E-state index contributed by atoms with van der Waals surface area (Å²) in [6, 6.07) is 21.9. The van der Waals surface area contributed by atoms with E-state index in [-0.39, 0.29) is 23.3 Å². The van der Waals surface area contributed by atoms with Gasteiger partial charge < -0.3 is 15.2 Å². The van der Waals surface area contributed by atoms with Gasteiger partial charge in [-0.3, -0.25) is 19.7 Å². The van der Waals surface area contributed by atoms with Crippen molar-refractivity contribution in [2.24, 2.45) is 7.05 Å². The van der Waals surface area contributed by atoms with Gasteiger partial charge in [0.1, 0.15) is 0 Å². The lowest BCUT2D eigenvalue weighted by Gasteiger charge is -2.07. The number of amides is 2. The van der Waals surface area contributed by atoms with Crippen molar-refractivity contribution in [3.63, 3.8) is 0 Å². The third-order valence-corrected chi connectivity index (χ3v) is 5.97. The molecule has 0 spiro atoms. The second kappa shape index (κ2) is 10.6. The quantitative estimate of drug-likeness (QED) is 0.214. The van der Waals surface area contributed by atoms with E-state index >= 15 is 0 Å². The molecule has 0 atom stereocenters. The number of aromatic nitrogens is 3. The molecule has 0 aliphatic rings. The summed E-state index contributed by atoms with van der Waals surface area (Å²) in [6.07, 6.45) is 0. The number of hydrogen-bond donors (Lipinski definition) is 2. The summed E-state index contributed by atoms with van der Waals surface area (Å²) in [7, 11) is 1.79. The maximum Gasteiger partial charge on any atom is 0.271 e. The Balaban J connectivity index is 1.36. The van der Waals surface area contributed by atoms with Crippen LogP contribution in [0.3, 0.4) is 0 Å². The number of hydrogen-bond acceptors (Lipinski definition) is 7. The van der Waals surface area contributed by atoms with Crippen LogP contribution in [0.15, 0.2) is 84.0 Å². The Morgan fingerprint density at radius 2 is 1.69 bits per heavy atom. The smallest absolute Gasteiger partial charge is 0.271 e. The van der Waals surface area contributed by atoms with E-state index < -0.39 is 4.92 Å². The minimum absolute atomic E-state index is 0.0547. The van der Waals surface area contributed by atoms with Gasteiger partial charge in [-0.15, -0.1) is 10.2 Å². The van der Waals surface area contributed by atoms with Crippen molar-refractivity contribution < 1.29 is 14.5 Å². The molecule has 2 N–H and O–H groups in total. The van der Waals surface area contributed by atoms with Crippen LogP contribution in [0.1, 0.15) is 10.4 Å². The van der Waals surface area contributed by atoms with Crippen molar-refractivity contribution in [3.8, 4) is 11.4 Å². The van der Waals surface area contributed by atoms with Gasteiger partial charge in [0.05, 0.1) is 10.7 Å². The average Bonchev–Trinajstić information content (AvgIpc) is 3.24. The van der Waals surface area contributed by atoms with Gasteiger partial charge in [-0.2, -0.15) is 0 Å². The van der Waals surface area contributed by atoms with E-state index in [4.69, 9.17) is 0 Å². The van der Waals surface area contributed by atoms with E-state index in [2.05, 4.69) is 20.8 Å². The number of benzene rings is 3. The van der Waals surface area contributed by atoms with E-state index in [1.807, 2.05) is 18.2 Å². The number of rotatable bonds is 8. The molecule has 3 aromatic carbocycles. The number of thioether (sulfide) groups is 1. The molecular formula is C24H20N6O4S. The molecule has 0 aliphatic carbocycles. The molecule has 0 bridgehead atoms. The third kappa shape index (κ3) is 5.89. The summed E-state index contributed by atoms with van der Waals surface area (Å²) in [5, 5.41) is 25.3. The normalized spacial score (nSPS) is 10.5. The Morgan fingerprint density at radius 1 is 0.943 bits per heavy atom. The molecule has 10 nitrogen and oxygen atoms in total. The number of nitrogens with one attached hydrogen (secondary N) is 2. The molecule has 0 unspecified atom stereocenters. The van der Waals surface area contributed by atoms with Crippen molar-refractivity contribution in [3.05, 3.63) is 94.5 Å². The number of nitrogens with zero attached hydrogens (tertiary/aromatic N) is 4. The highest BCUT2D eigenvalue weighted by Gasteiger charge is 2.14. The summed E-state index contributed by atoms with van der Waals surface area (Å²) in [4.78, 5) is 35.0. The van der Waals surface area contributed by atoms with Crippen LogP contribution in [-0.4, -0.2) is 37.3 Å². The molecule has 0 radical (unpaired) electrons. The predicted molar refractivity (Wildman–Crippen MR) is 133 cm³/mol. The Labute approximate surface area is 204 Å². The van der Waals surface area contributed by atoms with Gasteiger partial charge in [0.15, 0.2) is 11.0 Å². The zero-order valence-corrected chi connectivity index (χ0v) is 19.4. The highest BCUT2D eigenvalue weighted by molar-refractivity contribution is 7.99. The van der Waals surface area contributed by atoms with Crippen molar-refractivity contribution >= 4 is 40.6 Å². The van der Waals surface area contributed by atoms with Crippen LogP contribution >= 0.6 is 11.8 Å². The van der Waals surface area contributed by atoms with Gasteiger partial charge in [0.25, 0.3) is 11.6 Å². The molecule has 0 fully saturated rings. The fraction of sp³-hybridized carbons (Fsp3) is 0.0833. The monoisotopic (exact) mass is 488 g/mol. The predicted octanol–water partition coefficient (Wildman–Crippen LogP) is 4.37. The molecule has 35 heavy (non-hydrogen) atoms. The highest BCUT2D eigenvalue weighted by Crippen LogP contribution is 2.24. The molecule has 0 aliphatic heterocycles. The van der Waals surface area contributed by atoms with Crippen LogP contribution in [0.5, 0.6) is 0 Å². The molecule has 1 heterocycles. The molecule has 0 saturated carbocycles. The molecule has 176 valence electrons. The summed E-state index contributed by atoms with van der Waals surface area (Å²) >= 11 is 1.20. The van der Waals surface area contributed by atoms with E-state index in [0.717, 1.165) is 5.56 Å². The number of non-ortho nitro benzene ring substituents is 1. The maximum absolute atomic E-state index is 12.3. The SMILES string of the molecule is Cn1c(SCC(=O)Nc2cccc([N+](=O)[O-])c2)nnc1-c1ccc(NC(=O)c2ccccc2)cc1. The van der Waals surface area contributed by atoms with Crippen molar-refractivity contribution in [2.75, 3.05) is 16.4 Å². The molecule has 4 aromatic rings. The van der Waals surface area contributed by atoms with Crippen molar-refractivity contribution in [1.82, 2.24) is 14.8 Å². The van der Waals surface area contributed by atoms with Crippen LogP contribution < -0.4 is 10.6 Å². The Hall–Kier alpha value is -4.51. The maximum atomic E-state index is 12.3. The number of nitro groups is 1. The van der Waals surface area contributed by atoms with E-state index in [1.54, 1.807) is 54.1 Å². The number of carbonyl (C=O) groups excluding carboxylic acids is 2. The molecule has 11 heteroatoms. The van der Waals surface area contributed by atoms with Crippen molar-refractivity contribution in [1.29, 1.82) is 0 Å². The minimum atomic E-state index is -0.519. The van der Waals surface area contributed by atoms with Crippen LogP contribution in [-0.2, 0) is 11.8 Å². The van der Waals surface area contributed by atoms with Crippen LogP contribution in [0.25, 0.3) is 11.4 Å². The number of carbonyl (C=O) groups is 2. The van der Waals surface area contributed by atoms with Crippen molar-refractivity contribution in [2.45, 2.75) is 5.16 Å². The average molecular weight is 489 g/mol. The Morgan fingerprint density at radius 3 is 2.40 bits per heavy atom. The molecule has 1 aromatic heterocycles. The largest absolute Gasteiger partial charge is 0.325 e. The first-order valence-electron chi connectivity index (χ1n) is 10.4. The first kappa shape index (κ1) is 23.6. The van der Waals surface area contributed by atoms with Gasteiger partial charge in [-0.05, 0) is 42.5 Å². The molecule has 0 saturated heterocycles. The lowest BCUT2D eigenvalue weighted by Crippen LogP contribution is -2.14. The third-order valence-electron chi connectivity index (χ3n) is 4.94. The minimum Gasteiger partial charge on any atom is -0.325 e. The zero-order chi connectivity index (χ0) is 24.8. The fourth-order valence-electron chi connectivity index (χ4n) is 3.21. The first-order chi connectivity index (χ1) is 16.9. The van der Waals surface area contributed by atoms with E-state index in [0.29, 0.717) is 27.9 Å². The van der Waals surface area contributed by atoms with Gasteiger partial charge in [-0.25, -0.2) is 0 Å². The van der Waals surface area contributed by atoms with Crippen LogP contribution in [0.4, 0.5) is 17.1 Å². The summed E-state index contributed by atoms with van der Waals surface area (Å²) in [6.45, 7) is 0. The topological polar surface area (TPSA) is 132 Å². The summed E-state index contributed by atoms with van der Waals surface area (Å²) < 4.78 is 1.77. The lowest BCUT2D eigenvalue weighted by molar-refractivity contribution is -0.384. The fourth-order valence-corrected chi connectivity index (χ4v) is 3.92. The van der Waals surface area contributed by atoms with Gasteiger partial charge >= 0.3 is 0 Å². The highest BCUT2D eigenvalue weighted by atomic mass is 32.2. The number of nitro benzene ring substituents is 1. The van der Waals surface area contributed by atoms with Crippen LogP contribution in [0, 0.1) is 10.1 Å². The molecule has 4 rings (SSSR count). The summed E-state index contributed by atoms with van der Waals surface area (Å²) in [5.74, 6) is 0.143. The lowest BCUT2D eigenvalue weighted by atomic mass is 10.1. The van der Waals surface area contributed by atoms with Gasteiger partial charge in [-0.1, -0.05) is 36.0 Å². The second-order valence-corrected chi connectivity index (χ2v) is 8.35.